The summed E-state index contributed by atoms with van der Waals surface area (Å²) in [6, 6.07) is 15.5. The van der Waals surface area contributed by atoms with E-state index in [9.17, 15) is 4.79 Å². The molecule has 0 saturated carbocycles. The maximum atomic E-state index is 12.8. The molecule has 6 heteroatoms. The Morgan fingerprint density at radius 2 is 2.08 bits per heavy atom. The molecule has 4 nitrogen and oxygen atoms in total. The van der Waals surface area contributed by atoms with Gasteiger partial charge in [-0.1, -0.05) is 35.9 Å². The van der Waals surface area contributed by atoms with Gasteiger partial charge in [-0.3, -0.25) is 9.78 Å². The number of thiophene rings is 1. The van der Waals surface area contributed by atoms with Gasteiger partial charge in [-0.25, -0.2) is 0 Å². The summed E-state index contributed by atoms with van der Waals surface area (Å²) in [6.07, 6.45) is 3.47. The quantitative estimate of drug-likeness (QED) is 0.543. The minimum atomic E-state index is -0.107. The van der Waals surface area contributed by atoms with E-state index in [4.69, 9.17) is 11.6 Å². The molecule has 3 aromatic heterocycles. The minimum Gasteiger partial charge on any atom is -0.347 e. The third-order valence-electron chi connectivity index (χ3n) is 4.22. The SMILES string of the molecule is O=C(NCc1cccnc1)c1cc2sccc2n1Cc1ccccc1Cl. The van der Waals surface area contributed by atoms with Gasteiger partial charge in [0.25, 0.3) is 5.91 Å². The number of fused-ring (bicyclic) bond motifs is 1. The van der Waals surface area contributed by atoms with Crippen LogP contribution in [-0.4, -0.2) is 15.5 Å². The van der Waals surface area contributed by atoms with Crippen molar-refractivity contribution in [1.29, 1.82) is 0 Å². The second kappa shape index (κ2) is 7.32. The fourth-order valence-corrected chi connectivity index (χ4v) is 3.93. The molecule has 0 atom stereocenters. The van der Waals surface area contributed by atoms with Crippen molar-refractivity contribution in [3.63, 3.8) is 0 Å². The van der Waals surface area contributed by atoms with Crippen LogP contribution in [0.15, 0.2) is 66.3 Å². The zero-order chi connectivity index (χ0) is 17.9. The molecule has 0 saturated heterocycles. The van der Waals surface area contributed by atoms with Gasteiger partial charge < -0.3 is 9.88 Å². The first-order valence-corrected chi connectivity index (χ1v) is 9.45. The number of nitrogens with one attached hydrogen (secondary N) is 1. The number of halogens is 1. The van der Waals surface area contributed by atoms with Gasteiger partial charge in [-0.05, 0) is 40.8 Å². The molecule has 26 heavy (non-hydrogen) atoms. The van der Waals surface area contributed by atoms with Gasteiger partial charge in [-0.15, -0.1) is 11.3 Å². The van der Waals surface area contributed by atoms with E-state index >= 15 is 0 Å². The van der Waals surface area contributed by atoms with Crippen LogP contribution in [0, 0.1) is 0 Å². The molecule has 0 radical (unpaired) electrons. The van der Waals surface area contributed by atoms with Gasteiger partial charge in [0.1, 0.15) is 5.69 Å². The number of nitrogens with zero attached hydrogens (tertiary/aromatic N) is 2. The molecule has 0 spiro atoms. The summed E-state index contributed by atoms with van der Waals surface area (Å²) in [5, 5.41) is 5.71. The lowest BCUT2D eigenvalue weighted by atomic mass is 10.2. The largest absolute Gasteiger partial charge is 0.347 e. The molecule has 0 bridgehead atoms. The van der Waals surface area contributed by atoms with E-state index in [1.165, 1.54) is 0 Å². The number of amides is 1. The summed E-state index contributed by atoms with van der Waals surface area (Å²) in [7, 11) is 0. The van der Waals surface area contributed by atoms with E-state index in [1.807, 2.05) is 58.5 Å². The number of hydrogen-bond acceptors (Lipinski definition) is 3. The number of carbonyl (C=O) groups excluding carboxylic acids is 1. The number of carbonyl (C=O) groups is 1. The second-order valence-electron chi connectivity index (χ2n) is 5.92. The van der Waals surface area contributed by atoms with Gasteiger partial charge >= 0.3 is 0 Å². The summed E-state index contributed by atoms with van der Waals surface area (Å²) in [5.74, 6) is -0.107. The van der Waals surface area contributed by atoms with Crippen molar-refractivity contribution in [2.45, 2.75) is 13.1 Å². The Kier molecular flexibility index (Phi) is 4.73. The second-order valence-corrected chi connectivity index (χ2v) is 7.28. The molecule has 1 N–H and O–H groups in total. The Morgan fingerprint density at radius 1 is 1.19 bits per heavy atom. The lowest BCUT2D eigenvalue weighted by molar-refractivity contribution is 0.0942. The highest BCUT2D eigenvalue weighted by molar-refractivity contribution is 7.17. The van der Waals surface area contributed by atoms with Crippen LogP contribution in [0.2, 0.25) is 5.02 Å². The Balaban J connectivity index is 1.63. The number of aromatic nitrogens is 2. The van der Waals surface area contributed by atoms with Crippen LogP contribution in [0.1, 0.15) is 21.6 Å². The topological polar surface area (TPSA) is 46.9 Å². The Hall–Kier alpha value is -2.63. The third kappa shape index (κ3) is 3.36. The van der Waals surface area contributed by atoms with Gasteiger partial charge in [-0.2, -0.15) is 0 Å². The van der Waals surface area contributed by atoms with Crippen LogP contribution in [0.4, 0.5) is 0 Å². The van der Waals surface area contributed by atoms with Crippen molar-refractivity contribution in [2.75, 3.05) is 0 Å². The number of hydrogen-bond donors (Lipinski definition) is 1. The standard InChI is InChI=1S/C20H16ClN3OS/c21-16-6-2-1-5-15(16)13-24-17-7-9-26-19(17)10-18(24)20(25)23-12-14-4-3-8-22-11-14/h1-11H,12-13H2,(H,23,25). The monoisotopic (exact) mass is 381 g/mol. The average molecular weight is 382 g/mol. The van der Waals surface area contributed by atoms with E-state index in [1.54, 1.807) is 23.7 Å². The average Bonchev–Trinajstić information content (AvgIpc) is 3.25. The molecule has 4 aromatic rings. The van der Waals surface area contributed by atoms with E-state index in [0.717, 1.165) is 21.3 Å². The molecule has 0 unspecified atom stereocenters. The van der Waals surface area contributed by atoms with Crippen LogP contribution in [0.5, 0.6) is 0 Å². The number of rotatable bonds is 5. The first-order chi connectivity index (χ1) is 12.7. The van der Waals surface area contributed by atoms with Gasteiger partial charge in [0.15, 0.2) is 0 Å². The van der Waals surface area contributed by atoms with Gasteiger partial charge in [0.2, 0.25) is 0 Å². The van der Waals surface area contributed by atoms with Crippen LogP contribution >= 0.6 is 22.9 Å². The molecule has 0 aliphatic heterocycles. The fraction of sp³-hybridized carbons (Fsp3) is 0.100. The molecular weight excluding hydrogens is 366 g/mol. The first kappa shape index (κ1) is 16.8. The van der Waals surface area contributed by atoms with Crippen molar-refractivity contribution in [3.8, 4) is 0 Å². The van der Waals surface area contributed by atoms with Crippen molar-refractivity contribution in [3.05, 3.63) is 88.1 Å². The molecule has 0 fully saturated rings. The highest BCUT2D eigenvalue weighted by Crippen LogP contribution is 2.27. The first-order valence-electron chi connectivity index (χ1n) is 8.19. The Bertz CT molecular complexity index is 1060. The van der Waals surface area contributed by atoms with Gasteiger partial charge in [0.05, 0.1) is 10.2 Å². The molecule has 4 rings (SSSR count). The Labute approximate surface area is 160 Å². The van der Waals surface area contributed by atoms with Crippen LogP contribution in [-0.2, 0) is 13.1 Å². The Morgan fingerprint density at radius 3 is 2.88 bits per heavy atom. The summed E-state index contributed by atoms with van der Waals surface area (Å²) in [6.45, 7) is 0.993. The predicted octanol–water partition coefficient (Wildman–Crippen LogP) is 4.73. The van der Waals surface area contributed by atoms with Crippen LogP contribution in [0.25, 0.3) is 10.2 Å². The van der Waals surface area contributed by atoms with Crippen molar-refractivity contribution in [1.82, 2.24) is 14.9 Å². The lowest BCUT2D eigenvalue weighted by Gasteiger charge is -2.12. The molecule has 130 valence electrons. The van der Waals surface area contributed by atoms with Crippen molar-refractivity contribution >= 4 is 39.1 Å². The maximum absolute atomic E-state index is 12.8. The number of pyridine rings is 1. The smallest absolute Gasteiger partial charge is 0.268 e. The molecule has 1 amide bonds. The highest BCUT2D eigenvalue weighted by atomic mass is 35.5. The van der Waals surface area contributed by atoms with Gasteiger partial charge in [0, 0.05) is 30.5 Å². The van der Waals surface area contributed by atoms with Crippen molar-refractivity contribution < 1.29 is 4.79 Å². The lowest BCUT2D eigenvalue weighted by Crippen LogP contribution is -2.25. The van der Waals surface area contributed by atoms with E-state index < -0.39 is 0 Å². The molecule has 0 aliphatic rings. The van der Waals surface area contributed by atoms with E-state index in [2.05, 4.69) is 10.3 Å². The van der Waals surface area contributed by atoms with Crippen LogP contribution in [0.3, 0.4) is 0 Å². The molecular formula is C20H16ClN3OS. The summed E-state index contributed by atoms with van der Waals surface area (Å²) in [4.78, 5) is 16.9. The predicted molar refractivity (Wildman–Crippen MR) is 106 cm³/mol. The molecule has 3 heterocycles. The highest BCUT2D eigenvalue weighted by Gasteiger charge is 2.17. The zero-order valence-electron chi connectivity index (χ0n) is 13.9. The van der Waals surface area contributed by atoms with E-state index in [-0.39, 0.29) is 5.91 Å². The molecule has 1 aromatic carbocycles. The zero-order valence-corrected chi connectivity index (χ0v) is 15.4. The van der Waals surface area contributed by atoms with Crippen molar-refractivity contribution in [2.24, 2.45) is 0 Å². The third-order valence-corrected chi connectivity index (χ3v) is 5.44. The maximum Gasteiger partial charge on any atom is 0.268 e. The summed E-state index contributed by atoms with van der Waals surface area (Å²) in [5.41, 5.74) is 3.63. The normalized spacial score (nSPS) is 11.0. The summed E-state index contributed by atoms with van der Waals surface area (Å²) < 4.78 is 3.11. The molecule has 0 aliphatic carbocycles. The summed E-state index contributed by atoms with van der Waals surface area (Å²) >= 11 is 7.95. The minimum absolute atomic E-state index is 0.107. The number of benzene rings is 1. The fourth-order valence-electron chi connectivity index (χ4n) is 2.91. The van der Waals surface area contributed by atoms with E-state index in [0.29, 0.717) is 23.8 Å². The van der Waals surface area contributed by atoms with Crippen LogP contribution < -0.4 is 5.32 Å².